The van der Waals surface area contributed by atoms with E-state index in [0.717, 1.165) is 16.3 Å². The van der Waals surface area contributed by atoms with E-state index in [1.54, 1.807) is 18.2 Å². The summed E-state index contributed by atoms with van der Waals surface area (Å²) in [5.74, 6) is -0.252. The maximum atomic E-state index is 12.0. The van der Waals surface area contributed by atoms with Gasteiger partial charge in [0, 0.05) is 22.0 Å². The van der Waals surface area contributed by atoms with Crippen LogP contribution < -0.4 is 16.6 Å². The Balaban J connectivity index is 2.27. The third-order valence-corrected chi connectivity index (χ3v) is 3.20. The zero-order valence-electron chi connectivity index (χ0n) is 10.6. The van der Waals surface area contributed by atoms with Crippen molar-refractivity contribution in [2.45, 2.75) is 0 Å². The number of benzene rings is 2. The van der Waals surface area contributed by atoms with Crippen LogP contribution in [0.25, 0.3) is 21.7 Å². The number of hydrogen-bond donors (Lipinski definition) is 3. The van der Waals surface area contributed by atoms with Gasteiger partial charge in [-0.3, -0.25) is 9.59 Å². The Hall–Kier alpha value is -2.66. The number of H-pyrrole nitrogens is 1. The molecule has 0 aliphatic rings. The number of amides is 1. The maximum absolute atomic E-state index is 12.0. The highest BCUT2D eigenvalue weighted by molar-refractivity contribution is 6.07. The lowest BCUT2D eigenvalue weighted by Crippen LogP contribution is -2.21. The largest absolute Gasteiger partial charge is 0.325 e. The molecule has 1 aromatic heterocycles. The lowest BCUT2D eigenvalue weighted by molar-refractivity contribution is -0.114. The lowest BCUT2D eigenvalue weighted by atomic mass is 10.1. The molecule has 0 aliphatic carbocycles. The number of carbonyl (C=O) groups excluding carboxylic acids is 1. The van der Waals surface area contributed by atoms with Crippen LogP contribution in [0.3, 0.4) is 0 Å². The molecule has 0 atom stereocenters. The number of aromatic amines is 1. The van der Waals surface area contributed by atoms with Crippen molar-refractivity contribution in [2.75, 3.05) is 11.9 Å². The minimum Gasteiger partial charge on any atom is -0.325 e. The van der Waals surface area contributed by atoms with E-state index in [9.17, 15) is 9.59 Å². The van der Waals surface area contributed by atoms with Crippen molar-refractivity contribution in [1.29, 1.82) is 0 Å². The highest BCUT2D eigenvalue weighted by atomic mass is 16.1. The first kappa shape index (κ1) is 12.4. The summed E-state index contributed by atoms with van der Waals surface area (Å²) in [7, 11) is 0. The molecule has 3 rings (SSSR count). The fraction of sp³-hybridized carbons (Fsp3) is 0.0667. The topological polar surface area (TPSA) is 88.0 Å². The van der Waals surface area contributed by atoms with Gasteiger partial charge in [0.2, 0.25) is 5.91 Å². The van der Waals surface area contributed by atoms with Crippen LogP contribution >= 0.6 is 0 Å². The van der Waals surface area contributed by atoms with E-state index >= 15 is 0 Å². The molecule has 4 N–H and O–H groups in total. The number of nitrogens with two attached hydrogens (primary N) is 1. The zero-order valence-corrected chi connectivity index (χ0v) is 10.6. The predicted octanol–water partition coefficient (Wildman–Crippen LogP) is 1.58. The summed E-state index contributed by atoms with van der Waals surface area (Å²) in [6, 6.07) is 12.7. The number of carbonyl (C=O) groups is 1. The van der Waals surface area contributed by atoms with Gasteiger partial charge in [0.15, 0.2) is 0 Å². The van der Waals surface area contributed by atoms with E-state index < -0.39 is 0 Å². The van der Waals surface area contributed by atoms with Gasteiger partial charge in [-0.25, -0.2) is 0 Å². The smallest absolute Gasteiger partial charge is 0.256 e. The van der Waals surface area contributed by atoms with Crippen LogP contribution in [0.15, 0.2) is 47.3 Å². The molecule has 5 nitrogen and oxygen atoms in total. The van der Waals surface area contributed by atoms with E-state index in [2.05, 4.69) is 10.3 Å². The molecule has 5 heteroatoms. The lowest BCUT2D eigenvalue weighted by Gasteiger charge is -2.07. The summed E-state index contributed by atoms with van der Waals surface area (Å²) in [6.07, 6.45) is 0. The van der Waals surface area contributed by atoms with Gasteiger partial charge in [-0.15, -0.1) is 0 Å². The Kier molecular flexibility index (Phi) is 2.96. The number of hydrogen-bond acceptors (Lipinski definition) is 3. The highest BCUT2D eigenvalue weighted by Crippen LogP contribution is 2.24. The standard InChI is InChI=1S/C15H13N3O2/c16-8-14(19)17-9-5-6-13-12(7-9)10-3-1-2-4-11(10)15(20)18-13/h1-7H,8,16H2,(H,17,19)(H,18,20). The molecule has 20 heavy (non-hydrogen) atoms. The second kappa shape index (κ2) is 4.79. The molecule has 100 valence electrons. The third-order valence-electron chi connectivity index (χ3n) is 3.20. The molecule has 0 fully saturated rings. The average Bonchev–Trinajstić information content (AvgIpc) is 2.48. The molecule has 2 aromatic carbocycles. The van der Waals surface area contributed by atoms with Crippen LogP contribution in [0, 0.1) is 0 Å². The Morgan fingerprint density at radius 3 is 2.60 bits per heavy atom. The van der Waals surface area contributed by atoms with Crippen LogP contribution in [0.2, 0.25) is 0 Å². The van der Waals surface area contributed by atoms with Crippen molar-refractivity contribution >= 4 is 33.3 Å². The third kappa shape index (κ3) is 2.04. The maximum Gasteiger partial charge on any atom is 0.256 e. The summed E-state index contributed by atoms with van der Waals surface area (Å²) < 4.78 is 0. The van der Waals surface area contributed by atoms with Gasteiger partial charge in [0.05, 0.1) is 6.54 Å². The van der Waals surface area contributed by atoms with Crippen molar-refractivity contribution in [3.63, 3.8) is 0 Å². The second-order valence-electron chi connectivity index (χ2n) is 4.51. The molecule has 3 aromatic rings. The summed E-state index contributed by atoms with van der Waals surface area (Å²) in [5.41, 5.74) is 6.56. The first-order valence-electron chi connectivity index (χ1n) is 6.24. The first-order chi connectivity index (χ1) is 9.69. The predicted molar refractivity (Wildman–Crippen MR) is 79.8 cm³/mol. The van der Waals surface area contributed by atoms with Gasteiger partial charge in [-0.1, -0.05) is 18.2 Å². The van der Waals surface area contributed by atoms with Crippen molar-refractivity contribution in [3.05, 3.63) is 52.8 Å². The van der Waals surface area contributed by atoms with Crippen LogP contribution in [0.4, 0.5) is 5.69 Å². The molecule has 0 radical (unpaired) electrons. The molecule has 0 unspecified atom stereocenters. The van der Waals surface area contributed by atoms with E-state index in [1.807, 2.05) is 24.3 Å². The Morgan fingerprint density at radius 2 is 1.85 bits per heavy atom. The molecular formula is C15H13N3O2. The fourth-order valence-corrected chi connectivity index (χ4v) is 2.27. The minimum atomic E-state index is -0.252. The molecule has 0 saturated heterocycles. The number of pyridine rings is 1. The van der Waals surface area contributed by atoms with Crippen LogP contribution in [0.1, 0.15) is 0 Å². The van der Waals surface area contributed by atoms with Gasteiger partial charge in [-0.05, 0) is 29.7 Å². The Morgan fingerprint density at radius 1 is 1.10 bits per heavy atom. The van der Waals surface area contributed by atoms with Gasteiger partial charge in [0.25, 0.3) is 5.56 Å². The van der Waals surface area contributed by atoms with Crippen molar-refractivity contribution in [1.82, 2.24) is 4.98 Å². The quantitative estimate of drug-likeness (QED) is 0.616. The van der Waals surface area contributed by atoms with Crippen LogP contribution in [0.5, 0.6) is 0 Å². The summed E-state index contributed by atoms with van der Waals surface area (Å²) >= 11 is 0. The van der Waals surface area contributed by atoms with Crippen molar-refractivity contribution < 1.29 is 4.79 Å². The van der Waals surface area contributed by atoms with E-state index in [-0.39, 0.29) is 18.0 Å². The molecule has 0 spiro atoms. The molecule has 0 saturated carbocycles. The Labute approximate surface area is 114 Å². The molecule has 0 aliphatic heterocycles. The first-order valence-corrected chi connectivity index (χ1v) is 6.24. The number of nitrogens with one attached hydrogen (secondary N) is 2. The number of fused-ring (bicyclic) bond motifs is 3. The van der Waals surface area contributed by atoms with Gasteiger partial charge < -0.3 is 16.0 Å². The number of rotatable bonds is 2. The SMILES string of the molecule is NCC(=O)Nc1ccc2[nH]c(=O)c3ccccc3c2c1. The van der Waals surface area contributed by atoms with E-state index in [4.69, 9.17) is 5.73 Å². The monoisotopic (exact) mass is 267 g/mol. The summed E-state index contributed by atoms with van der Waals surface area (Å²) in [4.78, 5) is 26.1. The van der Waals surface area contributed by atoms with Crippen molar-refractivity contribution in [2.24, 2.45) is 5.73 Å². The molecule has 1 heterocycles. The fourth-order valence-electron chi connectivity index (χ4n) is 2.27. The number of aromatic nitrogens is 1. The summed E-state index contributed by atoms with van der Waals surface area (Å²) in [6.45, 7) is -0.0651. The molecule has 1 amide bonds. The second-order valence-corrected chi connectivity index (χ2v) is 4.51. The Bertz CT molecular complexity index is 868. The molecular weight excluding hydrogens is 254 g/mol. The summed E-state index contributed by atoms with van der Waals surface area (Å²) in [5, 5.41) is 5.08. The molecule has 0 bridgehead atoms. The van der Waals surface area contributed by atoms with Gasteiger partial charge in [-0.2, -0.15) is 0 Å². The van der Waals surface area contributed by atoms with Gasteiger partial charge >= 0.3 is 0 Å². The normalized spacial score (nSPS) is 10.8. The van der Waals surface area contributed by atoms with Crippen molar-refractivity contribution in [3.8, 4) is 0 Å². The number of anilines is 1. The average molecular weight is 267 g/mol. The minimum absolute atomic E-state index is 0.0651. The zero-order chi connectivity index (χ0) is 14.1. The van der Waals surface area contributed by atoms with E-state index in [1.165, 1.54) is 0 Å². The van der Waals surface area contributed by atoms with Gasteiger partial charge in [0.1, 0.15) is 0 Å². The van der Waals surface area contributed by atoms with Crippen LogP contribution in [-0.2, 0) is 4.79 Å². The highest BCUT2D eigenvalue weighted by Gasteiger charge is 2.06. The van der Waals surface area contributed by atoms with E-state index in [0.29, 0.717) is 11.1 Å². The van der Waals surface area contributed by atoms with Crippen LogP contribution in [-0.4, -0.2) is 17.4 Å².